The Morgan fingerprint density at radius 1 is 1.53 bits per heavy atom. The molecule has 0 aliphatic carbocycles. The molecule has 0 N–H and O–H groups in total. The number of carbonyl (C=O) groups excluding carboxylic acids is 1. The molecule has 0 saturated carbocycles. The lowest BCUT2D eigenvalue weighted by molar-refractivity contribution is 0.0275. The van der Waals surface area contributed by atoms with Crippen molar-refractivity contribution < 1.29 is 14.3 Å². The zero-order valence-corrected chi connectivity index (χ0v) is 12.6. The van der Waals surface area contributed by atoms with Crippen LogP contribution in [0.2, 0.25) is 0 Å². The number of likely N-dealkylation sites (tertiary alicyclic amines) is 1. The lowest BCUT2D eigenvalue weighted by Gasteiger charge is -2.24. The molecule has 1 amide bonds. The number of ether oxygens (including phenoxy) is 2. The van der Waals surface area contributed by atoms with Crippen molar-refractivity contribution in [2.45, 2.75) is 45.8 Å². The summed E-state index contributed by atoms with van der Waals surface area (Å²) in [6.07, 6.45) is 2.35. The molecule has 6 heteroatoms. The van der Waals surface area contributed by atoms with Crippen LogP contribution in [0.1, 0.15) is 32.1 Å². The van der Waals surface area contributed by atoms with E-state index in [9.17, 15) is 4.79 Å². The van der Waals surface area contributed by atoms with Crippen molar-refractivity contribution in [1.29, 1.82) is 0 Å². The molecule has 1 aromatic rings. The second kappa shape index (κ2) is 5.36. The minimum Gasteiger partial charge on any atom is -0.465 e. The van der Waals surface area contributed by atoms with Gasteiger partial charge in [0.2, 0.25) is 0 Å². The fraction of sp³-hybridized carbons (Fsp3) is 0.692. The first-order valence-electron chi connectivity index (χ1n) is 6.40. The SMILES string of the molecule is Cc1cnc(O[C@@H]2CCN(C(=O)OC(C)(C)C)C2)s1. The molecule has 1 aromatic heterocycles. The van der Waals surface area contributed by atoms with Crippen molar-refractivity contribution in [3.63, 3.8) is 0 Å². The number of aryl methyl sites for hydroxylation is 1. The van der Waals surface area contributed by atoms with E-state index >= 15 is 0 Å². The fourth-order valence-electron chi connectivity index (χ4n) is 1.85. The molecule has 106 valence electrons. The standard InChI is InChI=1S/C13H20N2O3S/c1-9-7-14-11(19-9)17-10-5-6-15(8-10)12(16)18-13(2,3)4/h7,10H,5-6,8H2,1-4H3/t10-/m1/s1. The van der Waals surface area contributed by atoms with Crippen LogP contribution in [0, 0.1) is 6.92 Å². The van der Waals surface area contributed by atoms with E-state index in [1.165, 1.54) is 11.3 Å². The van der Waals surface area contributed by atoms with Crippen LogP contribution in [-0.4, -0.2) is 40.8 Å². The maximum absolute atomic E-state index is 11.9. The van der Waals surface area contributed by atoms with Crippen molar-refractivity contribution in [1.82, 2.24) is 9.88 Å². The predicted octanol–water partition coefficient (Wildman–Crippen LogP) is 2.84. The van der Waals surface area contributed by atoms with E-state index in [0.717, 1.165) is 11.3 Å². The van der Waals surface area contributed by atoms with Gasteiger partial charge in [-0.15, -0.1) is 0 Å². The number of thiazole rings is 1. The van der Waals surface area contributed by atoms with Crippen molar-refractivity contribution in [2.75, 3.05) is 13.1 Å². The molecular weight excluding hydrogens is 264 g/mol. The summed E-state index contributed by atoms with van der Waals surface area (Å²) >= 11 is 1.53. The molecule has 0 spiro atoms. The Morgan fingerprint density at radius 3 is 2.84 bits per heavy atom. The van der Waals surface area contributed by atoms with Crippen LogP contribution in [0.5, 0.6) is 5.19 Å². The quantitative estimate of drug-likeness (QED) is 0.838. The molecule has 0 bridgehead atoms. The third kappa shape index (κ3) is 4.09. The summed E-state index contributed by atoms with van der Waals surface area (Å²) in [4.78, 5) is 18.9. The molecular formula is C13H20N2O3S. The number of rotatable bonds is 2. The summed E-state index contributed by atoms with van der Waals surface area (Å²) in [5.41, 5.74) is -0.456. The average Bonchev–Trinajstić information content (AvgIpc) is 2.86. The van der Waals surface area contributed by atoms with Gasteiger partial charge in [0.05, 0.1) is 6.54 Å². The average molecular weight is 284 g/mol. The topological polar surface area (TPSA) is 51.7 Å². The van der Waals surface area contributed by atoms with Gasteiger partial charge in [0.25, 0.3) is 5.19 Å². The molecule has 0 radical (unpaired) electrons. The number of hydrogen-bond acceptors (Lipinski definition) is 5. The van der Waals surface area contributed by atoms with Gasteiger partial charge in [-0.1, -0.05) is 11.3 Å². The summed E-state index contributed by atoms with van der Waals surface area (Å²) in [5, 5.41) is 0.675. The van der Waals surface area contributed by atoms with Gasteiger partial charge in [0.15, 0.2) is 0 Å². The van der Waals surface area contributed by atoms with Gasteiger partial charge in [-0.3, -0.25) is 0 Å². The van der Waals surface area contributed by atoms with Gasteiger partial charge in [0.1, 0.15) is 11.7 Å². The molecule has 1 saturated heterocycles. The van der Waals surface area contributed by atoms with Crippen molar-refractivity contribution >= 4 is 17.4 Å². The van der Waals surface area contributed by atoms with Crippen LogP contribution < -0.4 is 4.74 Å². The minimum atomic E-state index is -0.456. The van der Waals surface area contributed by atoms with Crippen molar-refractivity contribution in [2.24, 2.45) is 0 Å². The van der Waals surface area contributed by atoms with Crippen LogP contribution in [-0.2, 0) is 4.74 Å². The number of hydrogen-bond donors (Lipinski definition) is 0. The maximum atomic E-state index is 11.9. The molecule has 19 heavy (non-hydrogen) atoms. The van der Waals surface area contributed by atoms with Crippen LogP contribution in [0.4, 0.5) is 4.79 Å². The smallest absolute Gasteiger partial charge is 0.410 e. The highest BCUT2D eigenvalue weighted by Gasteiger charge is 2.31. The third-order valence-electron chi connectivity index (χ3n) is 2.66. The van der Waals surface area contributed by atoms with Crippen LogP contribution in [0.3, 0.4) is 0 Å². The van der Waals surface area contributed by atoms with Gasteiger partial charge >= 0.3 is 6.09 Å². The minimum absolute atomic E-state index is 0.0121. The highest BCUT2D eigenvalue weighted by atomic mass is 32.1. The van der Waals surface area contributed by atoms with E-state index in [4.69, 9.17) is 9.47 Å². The van der Waals surface area contributed by atoms with E-state index in [1.54, 1.807) is 11.1 Å². The molecule has 1 atom stereocenters. The van der Waals surface area contributed by atoms with Gasteiger partial charge in [0, 0.05) is 24.0 Å². The first-order chi connectivity index (χ1) is 8.83. The normalized spacial score (nSPS) is 19.6. The Hall–Kier alpha value is -1.30. The van der Waals surface area contributed by atoms with Crippen LogP contribution in [0.15, 0.2) is 6.20 Å². The highest BCUT2D eigenvalue weighted by molar-refractivity contribution is 7.13. The molecule has 2 heterocycles. The lowest BCUT2D eigenvalue weighted by Crippen LogP contribution is -2.36. The highest BCUT2D eigenvalue weighted by Crippen LogP contribution is 2.24. The lowest BCUT2D eigenvalue weighted by atomic mass is 10.2. The van der Waals surface area contributed by atoms with E-state index in [2.05, 4.69) is 4.98 Å². The number of nitrogens with zero attached hydrogens (tertiary/aromatic N) is 2. The molecule has 2 rings (SSSR count). The molecule has 0 unspecified atom stereocenters. The van der Waals surface area contributed by atoms with Gasteiger partial charge < -0.3 is 14.4 Å². The first kappa shape index (κ1) is 14.1. The Labute approximate surface area is 117 Å². The van der Waals surface area contributed by atoms with Crippen molar-refractivity contribution in [3.05, 3.63) is 11.1 Å². The molecule has 1 aliphatic rings. The second-order valence-corrected chi connectivity index (χ2v) is 6.89. The monoisotopic (exact) mass is 284 g/mol. The molecule has 5 nitrogen and oxygen atoms in total. The largest absolute Gasteiger partial charge is 0.465 e. The Morgan fingerprint density at radius 2 is 2.26 bits per heavy atom. The number of aromatic nitrogens is 1. The van der Waals surface area contributed by atoms with Crippen LogP contribution >= 0.6 is 11.3 Å². The molecule has 0 aromatic carbocycles. The Balaban J connectivity index is 1.84. The number of carbonyl (C=O) groups is 1. The maximum Gasteiger partial charge on any atom is 0.410 e. The van der Waals surface area contributed by atoms with E-state index in [-0.39, 0.29) is 12.2 Å². The molecule has 1 aliphatic heterocycles. The van der Waals surface area contributed by atoms with Crippen LogP contribution in [0.25, 0.3) is 0 Å². The fourth-order valence-corrected chi connectivity index (χ4v) is 2.52. The summed E-state index contributed by atoms with van der Waals surface area (Å²) in [6, 6.07) is 0. The van der Waals surface area contributed by atoms with E-state index in [0.29, 0.717) is 18.3 Å². The van der Waals surface area contributed by atoms with E-state index in [1.807, 2.05) is 27.7 Å². The van der Waals surface area contributed by atoms with E-state index < -0.39 is 5.60 Å². The summed E-state index contributed by atoms with van der Waals surface area (Å²) < 4.78 is 11.1. The summed E-state index contributed by atoms with van der Waals surface area (Å²) in [5.74, 6) is 0. The number of amides is 1. The molecule has 1 fully saturated rings. The van der Waals surface area contributed by atoms with Crippen molar-refractivity contribution in [3.8, 4) is 5.19 Å². The zero-order valence-electron chi connectivity index (χ0n) is 11.8. The third-order valence-corrected chi connectivity index (χ3v) is 3.47. The second-order valence-electron chi connectivity index (χ2n) is 5.69. The zero-order chi connectivity index (χ0) is 14.0. The van der Waals surface area contributed by atoms with Gasteiger partial charge in [-0.25, -0.2) is 9.78 Å². The summed E-state index contributed by atoms with van der Waals surface area (Å²) in [7, 11) is 0. The Bertz CT molecular complexity index is 453. The predicted molar refractivity (Wildman–Crippen MR) is 73.7 cm³/mol. The van der Waals surface area contributed by atoms with Gasteiger partial charge in [-0.05, 0) is 27.7 Å². The van der Waals surface area contributed by atoms with Gasteiger partial charge in [-0.2, -0.15) is 0 Å². The Kier molecular flexibility index (Phi) is 3.99. The summed E-state index contributed by atoms with van der Waals surface area (Å²) in [6.45, 7) is 8.83. The first-order valence-corrected chi connectivity index (χ1v) is 7.22.